The average Bonchev–Trinajstić information content (AvgIpc) is 3.62. The fourth-order valence-corrected chi connectivity index (χ4v) is 7.03. The Morgan fingerprint density at radius 1 is 1.12 bits per heavy atom. The molecule has 0 aromatic carbocycles. The van der Waals surface area contributed by atoms with Gasteiger partial charge >= 0.3 is 0 Å². The summed E-state index contributed by atoms with van der Waals surface area (Å²) < 4.78 is 36.7. The molecule has 1 aliphatic carbocycles. The van der Waals surface area contributed by atoms with Gasteiger partial charge in [-0.1, -0.05) is 0 Å². The van der Waals surface area contributed by atoms with E-state index in [1.807, 2.05) is 6.07 Å². The number of fused-ring (bicyclic) bond motifs is 1. The van der Waals surface area contributed by atoms with Crippen molar-refractivity contribution in [2.24, 2.45) is 11.3 Å². The van der Waals surface area contributed by atoms with Crippen LogP contribution < -0.4 is 15.5 Å². The number of anilines is 2. The van der Waals surface area contributed by atoms with Crippen molar-refractivity contribution in [3.05, 3.63) is 35.9 Å². The van der Waals surface area contributed by atoms with Crippen molar-refractivity contribution in [2.45, 2.75) is 51.0 Å². The molecule has 6 heterocycles. The van der Waals surface area contributed by atoms with E-state index in [1.165, 1.54) is 49.7 Å². The fraction of sp³-hybridized carbons (Fsp3) is 0.655. The second-order valence-corrected chi connectivity index (χ2v) is 12.5. The van der Waals surface area contributed by atoms with Crippen LogP contribution in [-0.4, -0.2) is 94.2 Å². The van der Waals surface area contributed by atoms with Gasteiger partial charge < -0.3 is 25.2 Å². The molecule has 0 unspecified atom stereocenters. The highest BCUT2D eigenvalue weighted by atomic mass is 19.3. The molecule has 7 rings (SSSR count). The fourth-order valence-electron chi connectivity index (χ4n) is 7.03. The maximum atomic E-state index is 14.0. The van der Waals surface area contributed by atoms with Crippen molar-refractivity contribution in [2.75, 3.05) is 69.2 Å². The van der Waals surface area contributed by atoms with Crippen LogP contribution in [0.3, 0.4) is 0 Å². The molecule has 3 aromatic heterocycles. The maximum absolute atomic E-state index is 14.0. The number of alkyl halides is 2. The number of nitrogens with zero attached hydrogens (tertiary/aromatic N) is 7. The van der Waals surface area contributed by atoms with Crippen LogP contribution in [0.1, 0.15) is 67.0 Å². The molecule has 2 N–H and O–H groups in total. The lowest BCUT2D eigenvalue weighted by atomic mass is 9.73. The van der Waals surface area contributed by atoms with E-state index < -0.39 is 18.0 Å². The largest absolute Gasteiger partial charge is 0.378 e. The molecule has 4 fully saturated rings. The Morgan fingerprint density at radius 2 is 1.88 bits per heavy atom. The van der Waals surface area contributed by atoms with Crippen molar-refractivity contribution in [3.8, 4) is 0 Å². The van der Waals surface area contributed by atoms with Crippen molar-refractivity contribution >= 4 is 23.1 Å². The van der Waals surface area contributed by atoms with E-state index in [0.717, 1.165) is 38.0 Å². The summed E-state index contributed by atoms with van der Waals surface area (Å²) in [5.41, 5.74) is 0.771. The van der Waals surface area contributed by atoms with Crippen molar-refractivity contribution in [3.63, 3.8) is 0 Å². The number of ether oxygens (including phenoxy) is 1. The first-order chi connectivity index (χ1) is 20.5. The molecule has 1 saturated carbocycles. The van der Waals surface area contributed by atoms with E-state index in [4.69, 9.17) is 4.74 Å². The number of rotatable bonds is 7. The minimum absolute atomic E-state index is 0.0357. The molecular formula is C29H39F2N9O2. The zero-order chi connectivity index (χ0) is 28.7. The molecule has 3 aromatic rings. The maximum Gasteiger partial charge on any atom is 0.284 e. The van der Waals surface area contributed by atoms with Gasteiger partial charge in [-0.05, 0) is 69.0 Å². The summed E-state index contributed by atoms with van der Waals surface area (Å²) >= 11 is 0. The molecule has 0 bridgehead atoms. The van der Waals surface area contributed by atoms with Gasteiger partial charge in [-0.15, -0.1) is 0 Å². The van der Waals surface area contributed by atoms with Crippen LogP contribution in [0.15, 0.2) is 24.7 Å². The number of carbonyl (C=O) groups excluding carboxylic acids is 1. The topological polar surface area (TPSA) is 105 Å². The number of aromatic nitrogens is 5. The van der Waals surface area contributed by atoms with Gasteiger partial charge in [0, 0.05) is 45.1 Å². The quantitative estimate of drug-likeness (QED) is 0.437. The second-order valence-electron chi connectivity index (χ2n) is 12.5. The Labute approximate surface area is 243 Å². The zero-order valence-corrected chi connectivity index (χ0v) is 23.9. The van der Waals surface area contributed by atoms with Crippen LogP contribution in [0.4, 0.5) is 20.3 Å². The summed E-state index contributed by atoms with van der Waals surface area (Å²) in [7, 11) is 0. The first-order valence-corrected chi connectivity index (χ1v) is 15.3. The van der Waals surface area contributed by atoms with Gasteiger partial charge in [0.1, 0.15) is 11.4 Å². The third kappa shape index (κ3) is 5.49. The summed E-state index contributed by atoms with van der Waals surface area (Å²) in [6.45, 7) is 8.45. The molecule has 11 nitrogen and oxygen atoms in total. The lowest BCUT2D eigenvalue weighted by Gasteiger charge is -2.49. The molecule has 1 spiro atoms. The molecule has 13 heteroatoms. The molecule has 4 aliphatic rings. The highest BCUT2D eigenvalue weighted by Gasteiger charge is 2.40. The van der Waals surface area contributed by atoms with Gasteiger partial charge in [-0.3, -0.25) is 9.48 Å². The number of halogens is 2. The van der Waals surface area contributed by atoms with Gasteiger partial charge in [0.15, 0.2) is 11.3 Å². The molecule has 1 amide bonds. The summed E-state index contributed by atoms with van der Waals surface area (Å²) in [6.07, 6.45) is 8.40. The number of amides is 1. The van der Waals surface area contributed by atoms with Crippen molar-refractivity contribution in [1.29, 1.82) is 0 Å². The van der Waals surface area contributed by atoms with Gasteiger partial charge in [-0.25, -0.2) is 18.3 Å². The average molecular weight is 584 g/mol. The van der Waals surface area contributed by atoms with Crippen molar-refractivity contribution < 1.29 is 18.3 Å². The Kier molecular flexibility index (Phi) is 7.57. The lowest BCUT2D eigenvalue weighted by molar-refractivity contribution is 0.0435. The van der Waals surface area contributed by atoms with Gasteiger partial charge in [-0.2, -0.15) is 10.2 Å². The minimum Gasteiger partial charge on any atom is -0.378 e. The number of hydrogen-bond acceptors (Lipinski definition) is 8. The van der Waals surface area contributed by atoms with Crippen LogP contribution in [0.5, 0.6) is 0 Å². The first-order valence-electron chi connectivity index (χ1n) is 15.3. The number of likely N-dealkylation sites (tertiary alicyclic amines) is 1. The van der Waals surface area contributed by atoms with Crippen LogP contribution in [-0.2, 0) is 4.74 Å². The van der Waals surface area contributed by atoms with E-state index in [1.54, 1.807) is 17.1 Å². The van der Waals surface area contributed by atoms with Crippen LogP contribution in [0.25, 0.3) is 5.65 Å². The van der Waals surface area contributed by atoms with E-state index in [0.29, 0.717) is 43.3 Å². The number of hydrogen-bond donors (Lipinski definition) is 2. The Morgan fingerprint density at radius 3 is 2.57 bits per heavy atom. The van der Waals surface area contributed by atoms with E-state index in [-0.39, 0.29) is 17.3 Å². The summed E-state index contributed by atoms with van der Waals surface area (Å²) in [6, 6.07) is 1.89. The summed E-state index contributed by atoms with van der Waals surface area (Å²) in [5.74, 6) is 0.810. The Hall–Kier alpha value is -3.16. The van der Waals surface area contributed by atoms with Gasteiger partial charge in [0.2, 0.25) is 0 Å². The molecule has 0 radical (unpaired) electrons. The highest BCUT2D eigenvalue weighted by molar-refractivity contribution is 6.08. The Bertz CT molecular complexity index is 1400. The molecule has 3 aliphatic heterocycles. The van der Waals surface area contributed by atoms with E-state index in [9.17, 15) is 13.6 Å². The second kappa shape index (κ2) is 11.5. The highest BCUT2D eigenvalue weighted by Crippen LogP contribution is 2.38. The first kappa shape index (κ1) is 27.7. The third-order valence-corrected chi connectivity index (χ3v) is 9.77. The Balaban J connectivity index is 0.998. The summed E-state index contributed by atoms with van der Waals surface area (Å²) in [4.78, 5) is 22.7. The standard InChI is InChI=1S/C29H39F2N9O2/c30-26(31)25-23(34-28(41)22-15-33-39-8-5-24(35-27(22)39)38-11-13-42-14-12-38)17-40(36-25)21-3-1-20(2-4-21)16-37-9-6-29(7-10-37)18-32-19-29/h5,8,15,17,20-21,26,32H,1-4,6-7,9-14,16,18-19H2,(H,34,41)/t20-,21-. The number of piperidine rings is 1. The minimum atomic E-state index is -2.80. The molecule has 42 heavy (non-hydrogen) atoms. The third-order valence-electron chi connectivity index (χ3n) is 9.77. The monoisotopic (exact) mass is 583 g/mol. The van der Waals surface area contributed by atoms with Crippen LogP contribution in [0.2, 0.25) is 0 Å². The molecule has 3 saturated heterocycles. The predicted octanol–water partition coefficient (Wildman–Crippen LogP) is 3.37. The molecule has 0 atom stereocenters. The van der Waals surface area contributed by atoms with Crippen molar-refractivity contribution in [1.82, 2.24) is 34.6 Å². The van der Waals surface area contributed by atoms with E-state index in [2.05, 4.69) is 35.6 Å². The predicted molar refractivity (Wildman–Crippen MR) is 153 cm³/mol. The van der Waals surface area contributed by atoms with Crippen LogP contribution >= 0.6 is 0 Å². The van der Waals surface area contributed by atoms with E-state index >= 15 is 0 Å². The lowest BCUT2D eigenvalue weighted by Crippen LogP contribution is -2.58. The number of carbonyl (C=O) groups is 1. The SMILES string of the molecule is O=C(Nc1cn([C@H]2CC[C@H](CN3CCC4(CC3)CNC4)CC2)nc1C(F)F)c1cnn2ccc(N3CCOCC3)nc12. The number of morpholine rings is 1. The number of nitrogens with one attached hydrogen (secondary N) is 2. The van der Waals surface area contributed by atoms with Gasteiger partial charge in [0.25, 0.3) is 12.3 Å². The molecule has 226 valence electrons. The normalized spacial score (nSPS) is 24.8. The smallest absolute Gasteiger partial charge is 0.284 e. The zero-order valence-electron chi connectivity index (χ0n) is 23.9. The summed E-state index contributed by atoms with van der Waals surface area (Å²) in [5, 5.41) is 14.6. The van der Waals surface area contributed by atoms with Gasteiger partial charge in [0.05, 0.1) is 31.1 Å². The molecular weight excluding hydrogens is 544 g/mol. The van der Waals surface area contributed by atoms with Crippen LogP contribution in [0, 0.1) is 11.3 Å².